The maximum Gasteiger partial charge on any atom is 0.416 e. The van der Waals surface area contributed by atoms with Gasteiger partial charge < -0.3 is 9.64 Å². The minimum absolute atomic E-state index is 0.0431. The predicted molar refractivity (Wildman–Crippen MR) is 103 cm³/mol. The Hall–Kier alpha value is -3.35. The van der Waals surface area contributed by atoms with Crippen LogP contribution < -0.4 is 4.74 Å². The molecule has 1 atom stereocenters. The van der Waals surface area contributed by atoms with Gasteiger partial charge in [-0.15, -0.1) is 0 Å². The fourth-order valence-corrected chi connectivity index (χ4v) is 2.79. The van der Waals surface area contributed by atoms with E-state index in [9.17, 15) is 18.0 Å². The van der Waals surface area contributed by atoms with Crippen LogP contribution in [0.5, 0.6) is 11.5 Å². The lowest BCUT2D eigenvalue weighted by atomic mass is 10.1. The molecule has 0 saturated carbocycles. The molecule has 0 aliphatic heterocycles. The van der Waals surface area contributed by atoms with Crippen molar-refractivity contribution in [3.63, 3.8) is 0 Å². The van der Waals surface area contributed by atoms with Crippen molar-refractivity contribution < 1.29 is 22.7 Å². The molecule has 1 heterocycles. The van der Waals surface area contributed by atoms with Gasteiger partial charge in [0, 0.05) is 25.0 Å². The fourth-order valence-electron chi connectivity index (χ4n) is 2.79. The lowest BCUT2D eigenvalue weighted by molar-refractivity contribution is -0.137. The van der Waals surface area contributed by atoms with Gasteiger partial charge in [-0.25, -0.2) is 0 Å². The first-order valence-electron chi connectivity index (χ1n) is 8.88. The quantitative estimate of drug-likeness (QED) is 0.550. The molecule has 2 aromatic carbocycles. The molecule has 1 amide bonds. The number of hydrogen-bond acceptors (Lipinski definition) is 3. The number of rotatable bonds is 5. The Morgan fingerprint density at radius 3 is 2.38 bits per heavy atom. The Kier molecular flexibility index (Phi) is 5.87. The van der Waals surface area contributed by atoms with E-state index in [0.29, 0.717) is 5.56 Å². The standard InChI is InChI=1S/C22H19F3N2O2/c1-15(17-7-5-11-26-14-17)27(2)21(28)16-6-3-9-19(12-16)29-20-10-4-8-18(13-20)22(23,24)25/h3-15H,1-2H3. The number of aromatic nitrogens is 1. The van der Waals surface area contributed by atoms with Crippen molar-refractivity contribution >= 4 is 5.91 Å². The van der Waals surface area contributed by atoms with E-state index in [-0.39, 0.29) is 23.4 Å². The molecule has 1 unspecified atom stereocenters. The molecular weight excluding hydrogens is 381 g/mol. The zero-order valence-corrected chi connectivity index (χ0v) is 15.9. The number of hydrogen-bond donors (Lipinski definition) is 0. The van der Waals surface area contributed by atoms with E-state index in [4.69, 9.17) is 4.74 Å². The van der Waals surface area contributed by atoms with Crippen LogP contribution in [0.2, 0.25) is 0 Å². The predicted octanol–water partition coefficient (Wildman–Crippen LogP) is 5.73. The highest BCUT2D eigenvalue weighted by atomic mass is 19.4. The average molecular weight is 400 g/mol. The van der Waals surface area contributed by atoms with Crippen molar-refractivity contribution in [1.29, 1.82) is 0 Å². The molecule has 3 rings (SSSR count). The van der Waals surface area contributed by atoms with Crippen LogP contribution >= 0.6 is 0 Å². The second-order valence-corrected chi connectivity index (χ2v) is 6.53. The largest absolute Gasteiger partial charge is 0.457 e. The number of carbonyl (C=O) groups is 1. The third kappa shape index (κ3) is 4.93. The molecule has 1 aromatic heterocycles. The number of benzene rings is 2. The molecule has 0 aliphatic rings. The highest BCUT2D eigenvalue weighted by molar-refractivity contribution is 5.94. The lowest BCUT2D eigenvalue weighted by Gasteiger charge is -2.25. The third-order valence-corrected chi connectivity index (χ3v) is 4.55. The van der Waals surface area contributed by atoms with E-state index in [0.717, 1.165) is 17.7 Å². The number of nitrogens with zero attached hydrogens (tertiary/aromatic N) is 2. The summed E-state index contributed by atoms with van der Waals surface area (Å²) in [5, 5.41) is 0. The van der Waals surface area contributed by atoms with Crippen molar-refractivity contribution in [2.75, 3.05) is 7.05 Å². The van der Waals surface area contributed by atoms with Gasteiger partial charge in [0.2, 0.25) is 0 Å². The first kappa shape index (κ1) is 20.4. The van der Waals surface area contributed by atoms with Crippen LogP contribution in [0.25, 0.3) is 0 Å². The fraction of sp³-hybridized carbons (Fsp3) is 0.182. The third-order valence-electron chi connectivity index (χ3n) is 4.55. The zero-order valence-electron chi connectivity index (χ0n) is 15.9. The summed E-state index contributed by atoms with van der Waals surface area (Å²) in [5.41, 5.74) is 0.458. The Morgan fingerprint density at radius 1 is 1.03 bits per heavy atom. The van der Waals surface area contributed by atoms with Crippen LogP contribution in [0.4, 0.5) is 13.2 Å². The number of amides is 1. The van der Waals surface area contributed by atoms with E-state index < -0.39 is 11.7 Å². The number of ether oxygens (including phenoxy) is 1. The van der Waals surface area contributed by atoms with Crippen molar-refractivity contribution in [3.05, 3.63) is 89.7 Å². The van der Waals surface area contributed by atoms with E-state index in [1.807, 2.05) is 13.0 Å². The summed E-state index contributed by atoms with van der Waals surface area (Å²) >= 11 is 0. The van der Waals surface area contributed by atoms with Crippen LogP contribution in [0.15, 0.2) is 73.1 Å². The molecule has 0 saturated heterocycles. The minimum atomic E-state index is -4.46. The number of halogens is 3. The summed E-state index contributed by atoms with van der Waals surface area (Å²) in [5.74, 6) is 0.0787. The molecule has 0 spiro atoms. The van der Waals surface area contributed by atoms with Crippen molar-refractivity contribution in [2.45, 2.75) is 19.1 Å². The summed E-state index contributed by atoms with van der Waals surface area (Å²) in [4.78, 5) is 18.5. The molecule has 150 valence electrons. The van der Waals surface area contributed by atoms with Gasteiger partial charge in [0.25, 0.3) is 5.91 Å². The van der Waals surface area contributed by atoms with Gasteiger partial charge >= 0.3 is 6.18 Å². The highest BCUT2D eigenvalue weighted by Gasteiger charge is 2.30. The van der Waals surface area contributed by atoms with Gasteiger partial charge in [0.05, 0.1) is 11.6 Å². The molecular formula is C22H19F3N2O2. The smallest absolute Gasteiger partial charge is 0.416 e. The van der Waals surface area contributed by atoms with Gasteiger partial charge in [-0.1, -0.05) is 18.2 Å². The van der Waals surface area contributed by atoms with Crippen molar-refractivity contribution in [1.82, 2.24) is 9.88 Å². The topological polar surface area (TPSA) is 42.4 Å². The lowest BCUT2D eigenvalue weighted by Crippen LogP contribution is -2.29. The molecule has 4 nitrogen and oxygen atoms in total. The molecule has 0 radical (unpaired) electrons. The Bertz CT molecular complexity index is 991. The molecule has 0 bridgehead atoms. The molecule has 3 aromatic rings. The molecule has 0 aliphatic carbocycles. The van der Waals surface area contributed by atoms with Gasteiger partial charge in [-0.3, -0.25) is 9.78 Å². The van der Waals surface area contributed by atoms with Crippen LogP contribution in [0, 0.1) is 0 Å². The molecule has 0 N–H and O–H groups in total. The second-order valence-electron chi connectivity index (χ2n) is 6.53. The van der Waals surface area contributed by atoms with E-state index >= 15 is 0 Å². The van der Waals surface area contributed by atoms with Crippen molar-refractivity contribution in [3.8, 4) is 11.5 Å². The Balaban J connectivity index is 1.78. The van der Waals surface area contributed by atoms with E-state index in [1.165, 1.54) is 18.2 Å². The molecule has 29 heavy (non-hydrogen) atoms. The number of alkyl halides is 3. The van der Waals surface area contributed by atoms with Gasteiger partial charge in [-0.2, -0.15) is 13.2 Å². The maximum absolute atomic E-state index is 12.9. The summed E-state index contributed by atoms with van der Waals surface area (Å²) in [6.45, 7) is 1.89. The summed E-state index contributed by atoms with van der Waals surface area (Å²) < 4.78 is 44.2. The first-order chi connectivity index (χ1) is 13.8. The second kappa shape index (κ2) is 8.34. The zero-order chi connectivity index (χ0) is 21.0. The summed E-state index contributed by atoms with van der Waals surface area (Å²) in [6.07, 6.45) is -1.10. The summed E-state index contributed by atoms with van der Waals surface area (Å²) in [6, 6.07) is 14.4. The van der Waals surface area contributed by atoms with Crippen LogP contribution in [0.3, 0.4) is 0 Å². The monoisotopic (exact) mass is 400 g/mol. The van der Waals surface area contributed by atoms with Crippen LogP contribution in [-0.2, 0) is 6.18 Å². The molecule has 7 heteroatoms. The first-order valence-corrected chi connectivity index (χ1v) is 8.88. The normalized spacial score (nSPS) is 12.3. The van der Waals surface area contributed by atoms with Crippen LogP contribution in [0.1, 0.15) is 34.5 Å². The number of carbonyl (C=O) groups excluding carboxylic acids is 1. The van der Waals surface area contributed by atoms with E-state index in [1.54, 1.807) is 48.6 Å². The Labute approximate surface area is 166 Å². The maximum atomic E-state index is 12.9. The molecule has 0 fully saturated rings. The Morgan fingerprint density at radius 2 is 1.72 bits per heavy atom. The van der Waals surface area contributed by atoms with Crippen molar-refractivity contribution in [2.24, 2.45) is 0 Å². The highest BCUT2D eigenvalue weighted by Crippen LogP contribution is 2.33. The van der Waals surface area contributed by atoms with Gasteiger partial charge in [0.15, 0.2) is 0 Å². The summed E-state index contributed by atoms with van der Waals surface area (Å²) in [7, 11) is 1.68. The van der Waals surface area contributed by atoms with Gasteiger partial charge in [0.1, 0.15) is 11.5 Å². The minimum Gasteiger partial charge on any atom is -0.457 e. The average Bonchev–Trinajstić information content (AvgIpc) is 2.72. The SMILES string of the molecule is CC(c1cccnc1)N(C)C(=O)c1cccc(Oc2cccc(C(F)(F)F)c2)c1. The number of pyridine rings is 1. The van der Waals surface area contributed by atoms with E-state index in [2.05, 4.69) is 4.98 Å². The van der Waals surface area contributed by atoms with Gasteiger partial charge in [-0.05, 0) is 55.0 Å². The van der Waals surface area contributed by atoms with Crippen LogP contribution in [-0.4, -0.2) is 22.8 Å².